The zero-order valence-electron chi connectivity index (χ0n) is 6.62. The number of rotatable bonds is 2. The molecule has 0 radical (unpaired) electrons. The maximum Gasteiger partial charge on any atom is 0.338 e. The number of piperidine rings is 1. The van der Waals surface area contributed by atoms with E-state index in [1.54, 1.807) is 0 Å². The molecule has 0 saturated carbocycles. The lowest BCUT2D eigenvalue weighted by molar-refractivity contribution is 0.283. The van der Waals surface area contributed by atoms with Crippen molar-refractivity contribution < 1.29 is 12.6 Å². The van der Waals surface area contributed by atoms with Crippen LogP contribution in [-0.4, -0.2) is 32.9 Å². The van der Waals surface area contributed by atoms with Crippen LogP contribution in [0.3, 0.4) is 0 Å². The van der Waals surface area contributed by atoms with E-state index in [4.69, 9.17) is 0 Å². The molecule has 0 aromatic heterocycles. The van der Waals surface area contributed by atoms with Crippen molar-refractivity contribution in [2.45, 2.75) is 19.3 Å². The number of nitrogens with zero attached hydrogens (tertiary/aromatic N) is 1. The van der Waals surface area contributed by atoms with Crippen molar-refractivity contribution in [3.8, 4) is 0 Å². The molecule has 1 saturated heterocycles. The third-order valence-corrected chi connectivity index (χ3v) is 3.26. The summed E-state index contributed by atoms with van der Waals surface area (Å²) in [6.07, 6.45) is 3.01. The average Bonchev–Trinajstić information content (AvgIpc) is 2.06. The predicted octanol–water partition coefficient (Wildman–Crippen LogP) is 0.363. The molecule has 1 aliphatic heterocycles. The van der Waals surface area contributed by atoms with Gasteiger partial charge in [0.05, 0.1) is 7.11 Å². The fourth-order valence-electron chi connectivity index (χ4n) is 1.19. The van der Waals surface area contributed by atoms with Gasteiger partial charge in [-0.15, -0.1) is 0 Å². The zero-order valence-corrected chi connectivity index (χ0v) is 7.43. The molecule has 11 heavy (non-hydrogen) atoms. The monoisotopic (exact) mass is 179 g/mol. The van der Waals surface area contributed by atoms with Gasteiger partial charge in [0.1, 0.15) is 0 Å². The van der Waals surface area contributed by atoms with Crippen molar-refractivity contribution in [2.75, 3.05) is 20.2 Å². The minimum Gasteiger partial charge on any atom is -0.261 e. The SMILES string of the molecule is COS(=O)(=O)N1CCCCC1. The summed E-state index contributed by atoms with van der Waals surface area (Å²) < 4.78 is 27.9. The van der Waals surface area contributed by atoms with Gasteiger partial charge in [0.25, 0.3) is 0 Å². The molecule has 0 atom stereocenters. The average molecular weight is 179 g/mol. The van der Waals surface area contributed by atoms with Gasteiger partial charge in [-0.05, 0) is 12.8 Å². The Labute approximate surface area is 67.4 Å². The molecule has 1 rings (SSSR count). The van der Waals surface area contributed by atoms with Gasteiger partial charge in [0.2, 0.25) is 0 Å². The van der Waals surface area contributed by atoms with Gasteiger partial charge in [-0.1, -0.05) is 6.42 Å². The van der Waals surface area contributed by atoms with Gasteiger partial charge in [0, 0.05) is 13.1 Å². The van der Waals surface area contributed by atoms with E-state index in [1.807, 2.05) is 0 Å². The molecule has 0 aliphatic carbocycles. The first-order valence-corrected chi connectivity index (χ1v) is 5.09. The van der Waals surface area contributed by atoms with E-state index in [1.165, 1.54) is 11.4 Å². The lowest BCUT2D eigenvalue weighted by atomic mass is 10.2. The molecule has 1 fully saturated rings. The van der Waals surface area contributed by atoms with E-state index in [2.05, 4.69) is 4.18 Å². The van der Waals surface area contributed by atoms with Crippen LogP contribution >= 0.6 is 0 Å². The zero-order chi connectivity index (χ0) is 8.32. The maximum atomic E-state index is 11.1. The number of hydrogen-bond donors (Lipinski definition) is 0. The largest absolute Gasteiger partial charge is 0.338 e. The van der Waals surface area contributed by atoms with Crippen molar-refractivity contribution in [1.82, 2.24) is 4.31 Å². The van der Waals surface area contributed by atoms with Crippen molar-refractivity contribution >= 4 is 10.3 Å². The molecular formula is C6H13NO3S. The fraction of sp³-hybridized carbons (Fsp3) is 1.00. The second-order valence-electron chi connectivity index (χ2n) is 2.58. The summed E-state index contributed by atoms with van der Waals surface area (Å²) in [6.45, 7) is 1.21. The van der Waals surface area contributed by atoms with Crippen LogP contribution in [0.5, 0.6) is 0 Å². The minimum absolute atomic E-state index is 0.607. The molecule has 0 amide bonds. The third kappa shape index (κ3) is 2.15. The third-order valence-electron chi connectivity index (χ3n) is 1.84. The Bertz CT molecular complexity index is 206. The van der Waals surface area contributed by atoms with Crippen LogP contribution in [0.2, 0.25) is 0 Å². The Kier molecular flexibility index (Phi) is 2.86. The first-order valence-electron chi connectivity index (χ1n) is 3.72. The van der Waals surface area contributed by atoms with Gasteiger partial charge in [0.15, 0.2) is 0 Å². The smallest absolute Gasteiger partial charge is 0.261 e. The highest BCUT2D eigenvalue weighted by Gasteiger charge is 2.22. The first kappa shape index (κ1) is 8.96. The molecule has 4 nitrogen and oxygen atoms in total. The van der Waals surface area contributed by atoms with Crippen LogP contribution in [0.1, 0.15) is 19.3 Å². The molecule has 0 spiro atoms. The minimum atomic E-state index is -3.39. The summed E-state index contributed by atoms with van der Waals surface area (Å²) in [5, 5.41) is 0. The molecule has 0 aromatic carbocycles. The van der Waals surface area contributed by atoms with Gasteiger partial charge in [-0.25, -0.2) is 0 Å². The lowest BCUT2D eigenvalue weighted by Crippen LogP contribution is -2.36. The topological polar surface area (TPSA) is 46.6 Å². The molecule has 0 unspecified atom stereocenters. The Morgan fingerprint density at radius 3 is 2.18 bits per heavy atom. The quantitative estimate of drug-likeness (QED) is 0.615. The number of hydrogen-bond acceptors (Lipinski definition) is 3. The van der Waals surface area contributed by atoms with E-state index < -0.39 is 10.3 Å². The van der Waals surface area contributed by atoms with E-state index in [0.717, 1.165) is 19.3 Å². The van der Waals surface area contributed by atoms with E-state index in [9.17, 15) is 8.42 Å². The Morgan fingerprint density at radius 1 is 1.18 bits per heavy atom. The standard InChI is InChI=1S/C6H13NO3S/c1-10-11(8,9)7-5-3-2-4-6-7/h2-6H2,1H3. The normalized spacial score (nSPS) is 21.9. The Balaban J connectivity index is 2.58. The van der Waals surface area contributed by atoms with E-state index in [-0.39, 0.29) is 0 Å². The molecule has 66 valence electrons. The highest BCUT2D eigenvalue weighted by Crippen LogP contribution is 2.12. The second-order valence-corrected chi connectivity index (χ2v) is 4.29. The summed E-state index contributed by atoms with van der Waals surface area (Å²) in [5.41, 5.74) is 0. The molecule has 0 N–H and O–H groups in total. The van der Waals surface area contributed by atoms with Gasteiger partial charge >= 0.3 is 10.3 Å². The van der Waals surface area contributed by atoms with Gasteiger partial charge in [-0.3, -0.25) is 4.18 Å². The molecule has 0 aromatic rings. The molecule has 1 aliphatic rings. The van der Waals surface area contributed by atoms with E-state index in [0.29, 0.717) is 13.1 Å². The predicted molar refractivity (Wildman–Crippen MR) is 41.4 cm³/mol. The summed E-state index contributed by atoms with van der Waals surface area (Å²) in [5.74, 6) is 0. The van der Waals surface area contributed by atoms with Crippen LogP contribution in [-0.2, 0) is 14.5 Å². The van der Waals surface area contributed by atoms with Crippen molar-refractivity contribution in [2.24, 2.45) is 0 Å². The summed E-state index contributed by atoms with van der Waals surface area (Å²) in [7, 11) is -2.19. The van der Waals surface area contributed by atoms with Crippen LogP contribution in [0.4, 0.5) is 0 Å². The second kappa shape index (κ2) is 3.51. The fourth-order valence-corrected chi connectivity index (χ4v) is 2.11. The molecular weight excluding hydrogens is 166 g/mol. The molecule has 5 heteroatoms. The van der Waals surface area contributed by atoms with Crippen molar-refractivity contribution in [3.05, 3.63) is 0 Å². The van der Waals surface area contributed by atoms with E-state index >= 15 is 0 Å². The summed E-state index contributed by atoms with van der Waals surface area (Å²) in [6, 6.07) is 0. The van der Waals surface area contributed by atoms with Crippen LogP contribution in [0.25, 0.3) is 0 Å². The van der Waals surface area contributed by atoms with Crippen LogP contribution in [0.15, 0.2) is 0 Å². The van der Waals surface area contributed by atoms with Crippen LogP contribution in [0, 0.1) is 0 Å². The highest BCUT2D eigenvalue weighted by atomic mass is 32.2. The summed E-state index contributed by atoms with van der Waals surface area (Å²) in [4.78, 5) is 0. The highest BCUT2D eigenvalue weighted by molar-refractivity contribution is 7.84. The first-order chi connectivity index (χ1) is 5.17. The maximum absolute atomic E-state index is 11.1. The van der Waals surface area contributed by atoms with Crippen molar-refractivity contribution in [3.63, 3.8) is 0 Å². The van der Waals surface area contributed by atoms with Crippen LogP contribution < -0.4 is 0 Å². The van der Waals surface area contributed by atoms with Crippen molar-refractivity contribution in [1.29, 1.82) is 0 Å². The molecule has 0 bridgehead atoms. The Morgan fingerprint density at radius 2 is 1.73 bits per heavy atom. The van der Waals surface area contributed by atoms with Gasteiger partial charge < -0.3 is 0 Å². The molecule has 1 heterocycles. The van der Waals surface area contributed by atoms with Gasteiger partial charge in [-0.2, -0.15) is 12.7 Å². The summed E-state index contributed by atoms with van der Waals surface area (Å²) >= 11 is 0. The Hall–Kier alpha value is -0.130. The lowest BCUT2D eigenvalue weighted by Gasteiger charge is -2.23.